The lowest BCUT2D eigenvalue weighted by molar-refractivity contribution is -0.302. The molecule has 6 N–H and O–H groups in total. The number of carbonyl (C=O) groups is 1. The van der Waals surface area contributed by atoms with Crippen molar-refractivity contribution in [2.45, 2.75) is 236 Å². The standard InChI is InChI=1S/C44H83NO8/c1-3-5-7-9-11-13-15-17-18-19-20-22-24-26-28-30-32-34-40(48)45-37(36-52-44-43(51)42(50)41(49)39(35-46)53-44)38(47)33-31-29-27-25-23-21-16-14-12-10-8-6-4-2/h25,27,31,33,37-39,41-44,46-47,49-51H,3-24,26,28-30,32,34-36H2,1-2H3,(H,45,48)/b27-25?,33-31+/t37-,38+,39+,41+,42-,43+,44+/m0/s1. The Labute approximate surface area is 324 Å². The maximum absolute atomic E-state index is 12.9. The minimum Gasteiger partial charge on any atom is -0.394 e. The summed E-state index contributed by atoms with van der Waals surface area (Å²) in [7, 11) is 0. The molecule has 1 saturated heterocycles. The minimum atomic E-state index is -1.57. The van der Waals surface area contributed by atoms with E-state index in [1.807, 2.05) is 6.08 Å². The Bertz CT molecular complexity index is 883. The van der Waals surface area contributed by atoms with Gasteiger partial charge in [-0.1, -0.05) is 186 Å². The van der Waals surface area contributed by atoms with Crippen LogP contribution in [0, 0.1) is 0 Å². The van der Waals surface area contributed by atoms with Crippen molar-refractivity contribution in [3.63, 3.8) is 0 Å². The molecular weight excluding hydrogens is 670 g/mol. The molecular formula is C44H83NO8. The highest BCUT2D eigenvalue weighted by Crippen LogP contribution is 2.22. The maximum Gasteiger partial charge on any atom is 0.220 e. The van der Waals surface area contributed by atoms with Gasteiger partial charge in [-0.05, 0) is 25.7 Å². The van der Waals surface area contributed by atoms with Crippen LogP contribution in [0.4, 0.5) is 0 Å². The van der Waals surface area contributed by atoms with Crippen molar-refractivity contribution in [3.05, 3.63) is 24.3 Å². The number of amides is 1. The number of nitrogens with one attached hydrogen (secondary N) is 1. The van der Waals surface area contributed by atoms with E-state index in [9.17, 15) is 30.3 Å². The molecule has 0 spiro atoms. The van der Waals surface area contributed by atoms with E-state index >= 15 is 0 Å². The van der Waals surface area contributed by atoms with Gasteiger partial charge in [-0.3, -0.25) is 4.79 Å². The normalized spacial score (nSPS) is 21.8. The molecule has 0 unspecified atom stereocenters. The fraction of sp³-hybridized carbons (Fsp3) is 0.886. The van der Waals surface area contributed by atoms with Gasteiger partial charge in [0.1, 0.15) is 24.4 Å². The molecule has 0 aromatic rings. The summed E-state index contributed by atoms with van der Waals surface area (Å²) in [5, 5.41) is 54.0. The molecule has 1 fully saturated rings. The van der Waals surface area contributed by atoms with Crippen molar-refractivity contribution in [2.24, 2.45) is 0 Å². The molecule has 0 aromatic carbocycles. The highest BCUT2D eigenvalue weighted by atomic mass is 16.7. The largest absolute Gasteiger partial charge is 0.394 e. The number of carbonyl (C=O) groups excluding carboxylic acids is 1. The second kappa shape index (κ2) is 35.1. The average Bonchev–Trinajstić information content (AvgIpc) is 3.16. The van der Waals surface area contributed by atoms with Gasteiger partial charge in [0.15, 0.2) is 6.29 Å². The lowest BCUT2D eigenvalue weighted by atomic mass is 9.99. The highest BCUT2D eigenvalue weighted by Gasteiger charge is 2.44. The summed E-state index contributed by atoms with van der Waals surface area (Å²) in [5.74, 6) is -0.189. The number of hydrogen-bond donors (Lipinski definition) is 6. The van der Waals surface area contributed by atoms with Crippen LogP contribution in [0.15, 0.2) is 24.3 Å². The van der Waals surface area contributed by atoms with Crippen LogP contribution in [0.3, 0.4) is 0 Å². The van der Waals surface area contributed by atoms with Crippen LogP contribution in [-0.2, 0) is 14.3 Å². The zero-order valence-electron chi connectivity index (χ0n) is 34.0. The Balaban J connectivity index is 2.38. The number of unbranched alkanes of at least 4 members (excludes halogenated alkanes) is 24. The summed E-state index contributed by atoms with van der Waals surface area (Å²) in [4.78, 5) is 12.9. The molecule has 9 nitrogen and oxygen atoms in total. The number of aliphatic hydroxyl groups is 5. The van der Waals surface area contributed by atoms with Gasteiger partial charge in [0.05, 0.1) is 25.4 Å². The third-order valence-corrected chi connectivity index (χ3v) is 10.6. The zero-order valence-corrected chi connectivity index (χ0v) is 34.0. The summed E-state index contributed by atoms with van der Waals surface area (Å²) in [6.45, 7) is 3.74. The van der Waals surface area contributed by atoms with Crippen LogP contribution < -0.4 is 5.32 Å². The first kappa shape index (κ1) is 49.7. The van der Waals surface area contributed by atoms with Crippen LogP contribution >= 0.6 is 0 Å². The summed E-state index contributed by atoms with van der Waals surface area (Å²) in [5.41, 5.74) is 0. The Morgan fingerprint density at radius 3 is 1.60 bits per heavy atom. The van der Waals surface area contributed by atoms with Gasteiger partial charge < -0.3 is 40.3 Å². The van der Waals surface area contributed by atoms with Crippen molar-refractivity contribution in [1.82, 2.24) is 5.32 Å². The van der Waals surface area contributed by atoms with Crippen LogP contribution in [0.2, 0.25) is 0 Å². The Morgan fingerprint density at radius 1 is 0.642 bits per heavy atom. The average molecular weight is 754 g/mol. The topological polar surface area (TPSA) is 149 Å². The number of aliphatic hydroxyl groups excluding tert-OH is 5. The van der Waals surface area contributed by atoms with Gasteiger partial charge in [0.2, 0.25) is 5.91 Å². The molecule has 0 saturated carbocycles. The van der Waals surface area contributed by atoms with E-state index in [4.69, 9.17) is 9.47 Å². The molecule has 1 amide bonds. The van der Waals surface area contributed by atoms with Crippen LogP contribution in [-0.4, -0.2) is 87.5 Å². The molecule has 0 aliphatic carbocycles. The molecule has 0 radical (unpaired) electrons. The highest BCUT2D eigenvalue weighted by molar-refractivity contribution is 5.76. The van der Waals surface area contributed by atoms with Gasteiger partial charge in [-0.25, -0.2) is 0 Å². The molecule has 53 heavy (non-hydrogen) atoms. The number of rotatable bonds is 36. The van der Waals surface area contributed by atoms with Crippen LogP contribution in [0.25, 0.3) is 0 Å². The fourth-order valence-electron chi connectivity index (χ4n) is 6.96. The molecule has 0 aromatic heterocycles. The lowest BCUT2D eigenvalue weighted by Crippen LogP contribution is -2.60. The molecule has 1 heterocycles. The van der Waals surface area contributed by atoms with Crippen molar-refractivity contribution >= 4 is 5.91 Å². The maximum atomic E-state index is 12.9. The number of allylic oxidation sites excluding steroid dienone is 3. The van der Waals surface area contributed by atoms with Crippen molar-refractivity contribution in [1.29, 1.82) is 0 Å². The van der Waals surface area contributed by atoms with E-state index in [1.54, 1.807) is 6.08 Å². The van der Waals surface area contributed by atoms with E-state index in [0.717, 1.165) is 25.7 Å². The van der Waals surface area contributed by atoms with Crippen LogP contribution in [0.1, 0.15) is 194 Å². The summed E-state index contributed by atoms with van der Waals surface area (Å²) in [6.07, 6.45) is 33.7. The first-order valence-electron chi connectivity index (χ1n) is 22.1. The molecule has 7 atom stereocenters. The van der Waals surface area contributed by atoms with E-state index in [-0.39, 0.29) is 12.5 Å². The molecule has 312 valence electrons. The fourth-order valence-corrected chi connectivity index (χ4v) is 6.96. The molecule has 1 aliphatic rings. The van der Waals surface area contributed by atoms with E-state index in [2.05, 4.69) is 31.3 Å². The Hall–Kier alpha value is -1.33. The number of hydrogen-bond acceptors (Lipinski definition) is 8. The van der Waals surface area contributed by atoms with Gasteiger partial charge >= 0.3 is 0 Å². The minimum absolute atomic E-state index is 0.189. The summed E-state index contributed by atoms with van der Waals surface area (Å²) < 4.78 is 11.2. The monoisotopic (exact) mass is 754 g/mol. The van der Waals surface area contributed by atoms with Crippen molar-refractivity contribution in [2.75, 3.05) is 13.2 Å². The quantitative estimate of drug-likeness (QED) is 0.0275. The predicted octanol–water partition coefficient (Wildman–Crippen LogP) is 8.72. The van der Waals surface area contributed by atoms with Crippen molar-refractivity contribution < 1.29 is 39.8 Å². The zero-order chi connectivity index (χ0) is 38.8. The third kappa shape index (κ3) is 26.2. The first-order chi connectivity index (χ1) is 25.8. The van der Waals surface area contributed by atoms with E-state index in [0.29, 0.717) is 12.8 Å². The lowest BCUT2D eigenvalue weighted by Gasteiger charge is -2.40. The SMILES string of the molecule is CCCCCCCCCCC=CC/C=C/[C@@H](O)[C@H](CO[C@@H]1O[C@H](CO)[C@@H](O)[C@H](O)[C@H]1O)NC(=O)CCCCCCCCCCCCCCCCCCC. The van der Waals surface area contributed by atoms with E-state index < -0.39 is 49.5 Å². The Kier molecular flexibility index (Phi) is 32.9. The second-order valence-electron chi connectivity index (χ2n) is 15.5. The molecule has 9 heteroatoms. The molecule has 1 aliphatic heterocycles. The summed E-state index contributed by atoms with van der Waals surface area (Å²) >= 11 is 0. The Morgan fingerprint density at radius 2 is 1.11 bits per heavy atom. The molecule has 0 bridgehead atoms. The first-order valence-corrected chi connectivity index (χ1v) is 22.1. The predicted molar refractivity (Wildman–Crippen MR) is 217 cm³/mol. The van der Waals surface area contributed by atoms with Crippen molar-refractivity contribution in [3.8, 4) is 0 Å². The van der Waals surface area contributed by atoms with Gasteiger partial charge in [0.25, 0.3) is 0 Å². The third-order valence-electron chi connectivity index (χ3n) is 10.6. The second-order valence-corrected chi connectivity index (χ2v) is 15.5. The van der Waals surface area contributed by atoms with E-state index in [1.165, 1.54) is 141 Å². The van der Waals surface area contributed by atoms with Gasteiger partial charge in [0, 0.05) is 6.42 Å². The summed E-state index contributed by atoms with van der Waals surface area (Å²) in [6, 6.07) is -0.821. The number of ether oxygens (including phenoxy) is 2. The molecule has 1 rings (SSSR count). The smallest absolute Gasteiger partial charge is 0.220 e. The van der Waals surface area contributed by atoms with Gasteiger partial charge in [-0.2, -0.15) is 0 Å². The van der Waals surface area contributed by atoms with Gasteiger partial charge in [-0.15, -0.1) is 0 Å². The van der Waals surface area contributed by atoms with Crippen LogP contribution in [0.5, 0.6) is 0 Å².